The molecule has 3 aromatic rings. The highest BCUT2D eigenvalue weighted by atomic mass is 79.9. The van der Waals surface area contributed by atoms with Gasteiger partial charge in [0.15, 0.2) is 0 Å². The molecule has 1 unspecified atom stereocenters. The average molecular weight is 511 g/mol. The van der Waals surface area contributed by atoms with Crippen molar-refractivity contribution in [2.24, 2.45) is 5.92 Å². The Kier molecular flexibility index (Phi) is 5.22. The number of thiophene rings is 1. The van der Waals surface area contributed by atoms with Gasteiger partial charge >= 0.3 is 0 Å². The molecule has 6 rings (SSSR count). The average Bonchev–Trinajstić information content (AvgIpc) is 3.59. The van der Waals surface area contributed by atoms with Crippen LogP contribution in [0.1, 0.15) is 58.7 Å². The van der Waals surface area contributed by atoms with Crippen molar-refractivity contribution in [3.8, 4) is 0 Å². The summed E-state index contributed by atoms with van der Waals surface area (Å²) in [4.78, 5) is 30.3. The fourth-order valence-electron chi connectivity index (χ4n) is 5.02. The van der Waals surface area contributed by atoms with Crippen molar-refractivity contribution in [3.63, 3.8) is 0 Å². The van der Waals surface area contributed by atoms with E-state index in [1.807, 2.05) is 40.5 Å². The summed E-state index contributed by atoms with van der Waals surface area (Å²) in [6.45, 7) is 5.43. The van der Waals surface area contributed by atoms with Gasteiger partial charge in [0.05, 0.1) is 5.39 Å². The van der Waals surface area contributed by atoms with E-state index in [4.69, 9.17) is 9.97 Å². The lowest BCUT2D eigenvalue weighted by Crippen LogP contribution is -2.49. The first-order valence-corrected chi connectivity index (χ1v) is 13.3. The zero-order chi connectivity index (χ0) is 21.8. The number of aromatic nitrogens is 2. The van der Waals surface area contributed by atoms with Crippen molar-refractivity contribution >= 4 is 49.2 Å². The van der Waals surface area contributed by atoms with Crippen molar-refractivity contribution < 1.29 is 4.79 Å². The molecule has 32 heavy (non-hydrogen) atoms. The van der Waals surface area contributed by atoms with E-state index in [1.165, 1.54) is 46.3 Å². The van der Waals surface area contributed by atoms with E-state index in [2.05, 4.69) is 27.8 Å². The van der Waals surface area contributed by atoms with Crippen LogP contribution in [0.2, 0.25) is 0 Å². The summed E-state index contributed by atoms with van der Waals surface area (Å²) in [5, 5.41) is 1.30. The monoisotopic (exact) mass is 510 g/mol. The maximum Gasteiger partial charge on any atom is 0.254 e. The highest BCUT2D eigenvalue weighted by Crippen LogP contribution is 2.44. The molecule has 1 atom stereocenters. The smallest absolute Gasteiger partial charge is 0.254 e. The van der Waals surface area contributed by atoms with Crippen molar-refractivity contribution in [2.75, 3.05) is 31.1 Å². The summed E-state index contributed by atoms with van der Waals surface area (Å²) < 4.78 is 0.939. The second kappa shape index (κ2) is 8.10. The summed E-state index contributed by atoms with van der Waals surface area (Å²) in [5.74, 6) is 3.56. The number of rotatable bonds is 3. The minimum Gasteiger partial charge on any atom is -0.352 e. The van der Waals surface area contributed by atoms with Gasteiger partial charge in [-0.1, -0.05) is 28.9 Å². The summed E-state index contributed by atoms with van der Waals surface area (Å²) in [6, 6.07) is 7.68. The number of hydrogen-bond acceptors (Lipinski definition) is 5. The number of halogens is 1. The molecule has 1 saturated heterocycles. The number of carbonyl (C=O) groups is 1. The Morgan fingerprint density at radius 2 is 1.94 bits per heavy atom. The van der Waals surface area contributed by atoms with Crippen LogP contribution >= 0.6 is 27.3 Å². The van der Waals surface area contributed by atoms with Gasteiger partial charge in [0.1, 0.15) is 16.5 Å². The molecular formula is C25H27BrN4OS. The normalized spacial score (nSPS) is 21.1. The van der Waals surface area contributed by atoms with Gasteiger partial charge in [0.2, 0.25) is 0 Å². The topological polar surface area (TPSA) is 49.3 Å². The Labute approximate surface area is 201 Å². The van der Waals surface area contributed by atoms with E-state index in [9.17, 15) is 4.79 Å². The SMILES string of the molecule is CC1CCc2c(sc3nc(C4CC4)nc(N4CCN(C(=O)c5cccc(Br)c5)CC4)c23)C1. The van der Waals surface area contributed by atoms with E-state index in [0.29, 0.717) is 5.92 Å². The van der Waals surface area contributed by atoms with Crippen LogP contribution in [0, 0.1) is 5.92 Å². The molecule has 1 aromatic carbocycles. The third-order valence-electron chi connectivity index (χ3n) is 7.03. The van der Waals surface area contributed by atoms with Crippen LogP contribution < -0.4 is 4.90 Å². The molecule has 3 heterocycles. The summed E-state index contributed by atoms with van der Waals surface area (Å²) >= 11 is 5.38. The molecule has 166 valence electrons. The maximum atomic E-state index is 13.0. The molecule has 0 radical (unpaired) electrons. The standard InChI is InChI=1S/C25H27BrN4OS/c1-15-5-8-19-20(13-15)32-24-21(19)23(27-22(28-24)16-6-7-16)29-9-11-30(12-10-29)25(31)17-3-2-4-18(26)14-17/h2-4,14-16H,5-13H2,1H3. The Hall–Kier alpha value is -1.99. The predicted molar refractivity (Wildman–Crippen MR) is 133 cm³/mol. The number of benzene rings is 1. The van der Waals surface area contributed by atoms with Crippen LogP contribution in [0.3, 0.4) is 0 Å². The second-order valence-corrected chi connectivity index (χ2v) is 11.5. The minimum absolute atomic E-state index is 0.111. The Balaban J connectivity index is 1.30. The number of aryl methyl sites for hydroxylation is 1. The molecule has 0 bridgehead atoms. The summed E-state index contributed by atoms with van der Waals surface area (Å²) in [5.41, 5.74) is 2.24. The van der Waals surface area contributed by atoms with Crippen LogP contribution in [0.5, 0.6) is 0 Å². The molecule has 0 spiro atoms. The molecule has 7 heteroatoms. The fourth-order valence-corrected chi connectivity index (χ4v) is 6.80. The number of piperazine rings is 1. The summed E-state index contributed by atoms with van der Waals surface area (Å²) in [7, 11) is 0. The third-order valence-corrected chi connectivity index (χ3v) is 8.68. The lowest BCUT2D eigenvalue weighted by Gasteiger charge is -2.36. The van der Waals surface area contributed by atoms with Gasteiger partial charge in [-0.15, -0.1) is 11.3 Å². The second-order valence-electron chi connectivity index (χ2n) is 9.50. The largest absolute Gasteiger partial charge is 0.352 e. The Morgan fingerprint density at radius 3 is 2.69 bits per heavy atom. The van der Waals surface area contributed by atoms with E-state index < -0.39 is 0 Å². The van der Waals surface area contributed by atoms with E-state index in [-0.39, 0.29) is 5.91 Å². The fraction of sp³-hybridized carbons (Fsp3) is 0.480. The lowest BCUT2D eigenvalue weighted by molar-refractivity contribution is 0.0746. The first-order valence-electron chi connectivity index (χ1n) is 11.7. The molecule has 3 aliphatic rings. The van der Waals surface area contributed by atoms with Crippen LogP contribution in [-0.4, -0.2) is 47.0 Å². The predicted octanol–water partition coefficient (Wildman–Crippen LogP) is 5.42. The highest BCUT2D eigenvalue weighted by Gasteiger charge is 2.32. The zero-order valence-corrected chi connectivity index (χ0v) is 20.7. The molecule has 5 nitrogen and oxygen atoms in total. The number of anilines is 1. The zero-order valence-electron chi connectivity index (χ0n) is 18.3. The quantitative estimate of drug-likeness (QED) is 0.472. The first kappa shape index (κ1) is 20.6. The van der Waals surface area contributed by atoms with Gasteiger partial charge in [-0.3, -0.25) is 4.79 Å². The third kappa shape index (κ3) is 3.73. The number of nitrogens with zero attached hydrogens (tertiary/aromatic N) is 4. The highest BCUT2D eigenvalue weighted by molar-refractivity contribution is 9.10. The van der Waals surface area contributed by atoms with Crippen LogP contribution in [0.4, 0.5) is 5.82 Å². The first-order chi connectivity index (χ1) is 15.6. The van der Waals surface area contributed by atoms with Crippen molar-refractivity contribution in [3.05, 3.63) is 50.6 Å². The van der Waals surface area contributed by atoms with Gasteiger partial charge in [0.25, 0.3) is 5.91 Å². The van der Waals surface area contributed by atoms with E-state index in [0.717, 1.165) is 60.2 Å². The number of amides is 1. The number of hydrogen-bond donors (Lipinski definition) is 0. The lowest BCUT2D eigenvalue weighted by atomic mass is 9.89. The molecule has 0 N–H and O–H groups in total. The minimum atomic E-state index is 0.111. The summed E-state index contributed by atoms with van der Waals surface area (Å²) in [6.07, 6.45) is 5.97. The van der Waals surface area contributed by atoms with Crippen LogP contribution in [0.25, 0.3) is 10.2 Å². The molecule has 1 saturated carbocycles. The molecule has 1 amide bonds. The van der Waals surface area contributed by atoms with Gasteiger partial charge in [-0.2, -0.15) is 0 Å². The molecule has 2 aliphatic carbocycles. The van der Waals surface area contributed by atoms with Gasteiger partial charge in [0, 0.05) is 47.0 Å². The van der Waals surface area contributed by atoms with Gasteiger partial charge in [-0.05, 0) is 61.8 Å². The maximum absolute atomic E-state index is 13.0. The Morgan fingerprint density at radius 1 is 1.12 bits per heavy atom. The molecule has 2 aromatic heterocycles. The Bertz CT molecular complexity index is 1200. The molecule has 1 aliphatic heterocycles. The number of fused-ring (bicyclic) bond motifs is 3. The van der Waals surface area contributed by atoms with Crippen LogP contribution in [0.15, 0.2) is 28.7 Å². The number of carbonyl (C=O) groups excluding carboxylic acids is 1. The van der Waals surface area contributed by atoms with Gasteiger partial charge in [-0.25, -0.2) is 9.97 Å². The van der Waals surface area contributed by atoms with Crippen LogP contribution in [-0.2, 0) is 12.8 Å². The van der Waals surface area contributed by atoms with E-state index in [1.54, 1.807) is 0 Å². The molecular weight excluding hydrogens is 484 g/mol. The van der Waals surface area contributed by atoms with E-state index >= 15 is 0 Å². The van der Waals surface area contributed by atoms with Crippen molar-refractivity contribution in [1.82, 2.24) is 14.9 Å². The van der Waals surface area contributed by atoms with Crippen molar-refractivity contribution in [2.45, 2.75) is 44.9 Å². The molecule has 2 fully saturated rings. The van der Waals surface area contributed by atoms with Gasteiger partial charge < -0.3 is 9.80 Å². The van der Waals surface area contributed by atoms with Crippen molar-refractivity contribution in [1.29, 1.82) is 0 Å².